The summed E-state index contributed by atoms with van der Waals surface area (Å²) in [6.45, 7) is 3.85. The Morgan fingerprint density at radius 3 is 2.46 bits per heavy atom. The van der Waals surface area contributed by atoms with Crippen LogP contribution in [0, 0.1) is 6.92 Å². The van der Waals surface area contributed by atoms with Gasteiger partial charge in [0.05, 0.1) is 25.8 Å². The fourth-order valence-electron chi connectivity index (χ4n) is 3.72. The zero-order chi connectivity index (χ0) is 24.9. The minimum absolute atomic E-state index is 0.147. The number of anilines is 1. The van der Waals surface area contributed by atoms with Crippen molar-refractivity contribution in [2.75, 3.05) is 19.5 Å². The van der Waals surface area contributed by atoms with Crippen LogP contribution in [0.15, 0.2) is 71.3 Å². The molecule has 1 atom stereocenters. The molecule has 0 spiro atoms. The van der Waals surface area contributed by atoms with Crippen LogP contribution in [0.5, 0.6) is 23.0 Å². The topological polar surface area (TPSA) is 81.7 Å². The maximum atomic E-state index is 12.6. The summed E-state index contributed by atoms with van der Waals surface area (Å²) in [6.07, 6.45) is 1.68. The Labute approximate surface area is 212 Å². The van der Waals surface area contributed by atoms with Crippen molar-refractivity contribution in [3.63, 3.8) is 0 Å². The van der Waals surface area contributed by atoms with Gasteiger partial charge in [-0.15, -0.1) is 0 Å². The lowest BCUT2D eigenvalue weighted by molar-refractivity contribution is 0.249. The lowest BCUT2D eigenvalue weighted by Crippen LogP contribution is -2.31. The summed E-state index contributed by atoms with van der Waals surface area (Å²) in [5, 5.41) is 6.68. The zero-order valence-corrected chi connectivity index (χ0v) is 21.5. The quantitative estimate of drug-likeness (QED) is 0.266. The molecule has 0 bridgehead atoms. The average Bonchev–Trinajstić information content (AvgIpc) is 2.85. The zero-order valence-electron chi connectivity index (χ0n) is 19.9. The van der Waals surface area contributed by atoms with Crippen molar-refractivity contribution in [1.82, 2.24) is 10.3 Å². The number of carbonyl (C=O) groups excluding carboxylic acids is 1. The number of rotatable bonds is 7. The molecular weight excluding hydrogens is 510 g/mol. The molecule has 2 amide bonds. The predicted molar refractivity (Wildman–Crippen MR) is 141 cm³/mol. The molecule has 0 radical (unpaired) electrons. The van der Waals surface area contributed by atoms with E-state index in [-0.39, 0.29) is 12.1 Å². The predicted octanol–water partition coefficient (Wildman–Crippen LogP) is 7.00. The van der Waals surface area contributed by atoms with Gasteiger partial charge in [-0.25, -0.2) is 4.79 Å². The number of nitrogens with one attached hydrogen (secondary N) is 2. The molecule has 0 saturated heterocycles. The Hall–Kier alpha value is -3.78. The van der Waals surface area contributed by atoms with Crippen LogP contribution in [0.4, 0.5) is 10.5 Å². The first kappa shape index (κ1) is 24.3. The maximum Gasteiger partial charge on any atom is 0.319 e. The van der Waals surface area contributed by atoms with Gasteiger partial charge in [0.2, 0.25) is 0 Å². The summed E-state index contributed by atoms with van der Waals surface area (Å²) in [6, 6.07) is 18.4. The standard InChI is InChI=1S/C27H26BrN3O4/c1-16-12-20(35-24-10-11-29-23-15-26(34-4)25(33-3)14-21(23)24)8-9-22(16)31-27(32)30-17(2)18-6-5-7-19(28)13-18/h5-15,17H,1-4H3,(H2,30,31,32). The highest BCUT2D eigenvalue weighted by molar-refractivity contribution is 9.10. The molecule has 7 nitrogen and oxygen atoms in total. The third kappa shape index (κ3) is 5.66. The maximum absolute atomic E-state index is 12.6. The molecule has 0 aliphatic rings. The van der Waals surface area contributed by atoms with E-state index in [0.717, 1.165) is 26.5 Å². The first-order chi connectivity index (χ1) is 16.9. The number of pyridine rings is 1. The van der Waals surface area contributed by atoms with E-state index >= 15 is 0 Å². The molecule has 4 aromatic rings. The van der Waals surface area contributed by atoms with Crippen molar-refractivity contribution < 1.29 is 19.0 Å². The fraction of sp³-hybridized carbons (Fsp3) is 0.185. The van der Waals surface area contributed by atoms with Crippen LogP contribution in [-0.4, -0.2) is 25.2 Å². The molecule has 8 heteroatoms. The molecule has 0 saturated carbocycles. The number of urea groups is 1. The van der Waals surface area contributed by atoms with E-state index in [2.05, 4.69) is 31.5 Å². The number of methoxy groups -OCH3 is 2. The number of fused-ring (bicyclic) bond motifs is 1. The Kier molecular flexibility index (Phi) is 7.41. The van der Waals surface area contributed by atoms with E-state index < -0.39 is 0 Å². The number of aryl methyl sites for hydroxylation is 1. The third-order valence-electron chi connectivity index (χ3n) is 5.58. The number of hydrogen-bond donors (Lipinski definition) is 2. The first-order valence-corrected chi connectivity index (χ1v) is 11.8. The summed E-state index contributed by atoms with van der Waals surface area (Å²) in [5.74, 6) is 2.47. The van der Waals surface area contributed by atoms with Gasteiger partial charge in [0.25, 0.3) is 0 Å². The van der Waals surface area contributed by atoms with E-state index in [1.807, 2.05) is 68.4 Å². The van der Waals surface area contributed by atoms with Gasteiger partial charge in [-0.05, 0) is 67.4 Å². The highest BCUT2D eigenvalue weighted by atomic mass is 79.9. The summed E-state index contributed by atoms with van der Waals surface area (Å²) in [5.41, 5.74) is 3.30. The highest BCUT2D eigenvalue weighted by Crippen LogP contribution is 2.37. The molecule has 0 aliphatic heterocycles. The van der Waals surface area contributed by atoms with Crippen molar-refractivity contribution in [3.05, 3.63) is 82.5 Å². The summed E-state index contributed by atoms with van der Waals surface area (Å²) >= 11 is 3.46. The van der Waals surface area contributed by atoms with Gasteiger partial charge in [-0.3, -0.25) is 4.98 Å². The number of carbonyl (C=O) groups is 1. The van der Waals surface area contributed by atoms with Crippen molar-refractivity contribution in [2.24, 2.45) is 0 Å². The molecule has 180 valence electrons. The normalized spacial score (nSPS) is 11.6. The average molecular weight is 536 g/mol. The summed E-state index contributed by atoms with van der Waals surface area (Å²) in [4.78, 5) is 17.0. The van der Waals surface area contributed by atoms with Gasteiger partial charge in [-0.1, -0.05) is 28.1 Å². The number of amides is 2. The fourth-order valence-corrected chi connectivity index (χ4v) is 4.13. The van der Waals surface area contributed by atoms with Crippen LogP contribution in [0.1, 0.15) is 24.1 Å². The van der Waals surface area contributed by atoms with Crippen LogP contribution in [-0.2, 0) is 0 Å². The lowest BCUT2D eigenvalue weighted by atomic mass is 10.1. The van der Waals surface area contributed by atoms with Gasteiger partial charge in [0.1, 0.15) is 11.5 Å². The van der Waals surface area contributed by atoms with Gasteiger partial charge in [-0.2, -0.15) is 0 Å². The molecule has 1 aromatic heterocycles. The Balaban J connectivity index is 1.48. The van der Waals surface area contributed by atoms with Gasteiger partial charge < -0.3 is 24.8 Å². The number of aromatic nitrogens is 1. The van der Waals surface area contributed by atoms with Gasteiger partial charge in [0, 0.05) is 27.8 Å². The molecule has 1 unspecified atom stereocenters. The molecule has 0 aliphatic carbocycles. The second-order valence-electron chi connectivity index (χ2n) is 7.99. The molecule has 1 heterocycles. The monoisotopic (exact) mass is 535 g/mol. The van der Waals surface area contributed by atoms with E-state index in [0.29, 0.717) is 28.7 Å². The Morgan fingerprint density at radius 2 is 1.74 bits per heavy atom. The SMILES string of the molecule is COc1cc2nccc(Oc3ccc(NC(=O)NC(C)c4cccc(Br)c4)c(C)c3)c2cc1OC. The van der Waals surface area contributed by atoms with Crippen LogP contribution in [0.25, 0.3) is 10.9 Å². The highest BCUT2D eigenvalue weighted by Gasteiger charge is 2.14. The van der Waals surface area contributed by atoms with Crippen molar-refractivity contribution >= 4 is 38.6 Å². The molecular formula is C27H26BrN3O4. The molecule has 3 aromatic carbocycles. The van der Waals surface area contributed by atoms with Crippen LogP contribution in [0.3, 0.4) is 0 Å². The lowest BCUT2D eigenvalue weighted by Gasteiger charge is -2.17. The second-order valence-corrected chi connectivity index (χ2v) is 8.90. The summed E-state index contributed by atoms with van der Waals surface area (Å²) in [7, 11) is 3.18. The van der Waals surface area contributed by atoms with E-state index in [1.165, 1.54) is 0 Å². The minimum Gasteiger partial charge on any atom is -0.493 e. The number of halogens is 1. The second kappa shape index (κ2) is 10.7. The smallest absolute Gasteiger partial charge is 0.319 e. The third-order valence-corrected chi connectivity index (χ3v) is 6.07. The van der Waals surface area contributed by atoms with Crippen LogP contribution < -0.4 is 24.8 Å². The Bertz CT molecular complexity index is 1380. The minimum atomic E-state index is -0.282. The number of nitrogens with zero attached hydrogens (tertiary/aromatic N) is 1. The molecule has 2 N–H and O–H groups in total. The van der Waals surface area contributed by atoms with E-state index in [4.69, 9.17) is 14.2 Å². The summed E-state index contributed by atoms with van der Waals surface area (Å²) < 4.78 is 17.9. The molecule has 0 fully saturated rings. The van der Waals surface area contributed by atoms with E-state index in [1.54, 1.807) is 26.5 Å². The van der Waals surface area contributed by atoms with Crippen LogP contribution >= 0.6 is 15.9 Å². The number of ether oxygens (including phenoxy) is 3. The number of hydrogen-bond acceptors (Lipinski definition) is 5. The molecule has 35 heavy (non-hydrogen) atoms. The largest absolute Gasteiger partial charge is 0.493 e. The Morgan fingerprint density at radius 1 is 0.971 bits per heavy atom. The van der Waals surface area contributed by atoms with Crippen molar-refractivity contribution in [2.45, 2.75) is 19.9 Å². The van der Waals surface area contributed by atoms with E-state index in [9.17, 15) is 4.79 Å². The van der Waals surface area contributed by atoms with Gasteiger partial charge >= 0.3 is 6.03 Å². The van der Waals surface area contributed by atoms with Crippen LogP contribution in [0.2, 0.25) is 0 Å². The van der Waals surface area contributed by atoms with Gasteiger partial charge in [0.15, 0.2) is 11.5 Å². The first-order valence-electron chi connectivity index (χ1n) is 11.0. The van der Waals surface area contributed by atoms with Crippen molar-refractivity contribution in [1.29, 1.82) is 0 Å². The van der Waals surface area contributed by atoms with Crippen molar-refractivity contribution in [3.8, 4) is 23.0 Å². The number of benzene rings is 3. The molecule has 4 rings (SSSR count).